The third kappa shape index (κ3) is 3.92. The highest BCUT2D eigenvalue weighted by molar-refractivity contribution is 5.92. The maximum Gasteiger partial charge on any atom is 0.270 e. The predicted molar refractivity (Wildman–Crippen MR) is 86.1 cm³/mol. The lowest BCUT2D eigenvalue weighted by atomic mass is 9.98. The summed E-state index contributed by atoms with van der Waals surface area (Å²) < 4.78 is 18.6. The molecule has 1 aromatic heterocycles. The lowest BCUT2D eigenvalue weighted by Crippen LogP contribution is -2.41. The molecule has 0 radical (unpaired) electrons. The Labute approximate surface area is 135 Å². The van der Waals surface area contributed by atoms with E-state index < -0.39 is 0 Å². The van der Waals surface area contributed by atoms with E-state index in [1.165, 1.54) is 12.1 Å². The zero-order chi connectivity index (χ0) is 16.2. The number of benzene rings is 1. The molecule has 0 aliphatic carbocycles. The molecular formula is C18H21FN2O2. The topological polar surface area (TPSA) is 45.3 Å². The summed E-state index contributed by atoms with van der Waals surface area (Å²) in [6.07, 6.45) is 3.85. The first-order valence-electron chi connectivity index (χ1n) is 7.94. The van der Waals surface area contributed by atoms with Crippen molar-refractivity contribution < 1.29 is 13.9 Å². The molecule has 5 heteroatoms. The summed E-state index contributed by atoms with van der Waals surface area (Å²) in [5, 5.41) is 0. The van der Waals surface area contributed by atoms with Crippen molar-refractivity contribution in [2.24, 2.45) is 5.92 Å². The summed E-state index contributed by atoms with van der Waals surface area (Å²) in [6, 6.07) is 7.91. The van der Waals surface area contributed by atoms with Crippen molar-refractivity contribution in [1.29, 1.82) is 0 Å². The number of rotatable bonds is 4. The molecule has 3 rings (SSSR count). The lowest BCUT2D eigenvalue weighted by molar-refractivity contribution is 0.0628. The molecule has 122 valence electrons. The van der Waals surface area contributed by atoms with Gasteiger partial charge in [0.2, 0.25) is 0 Å². The first kappa shape index (κ1) is 15.6. The van der Waals surface area contributed by atoms with Gasteiger partial charge in [0, 0.05) is 25.2 Å². The molecule has 1 aliphatic heterocycles. The second-order valence-electron chi connectivity index (χ2n) is 6.12. The van der Waals surface area contributed by atoms with Crippen molar-refractivity contribution in [2.45, 2.75) is 19.8 Å². The smallest absolute Gasteiger partial charge is 0.270 e. The molecule has 2 aromatic rings. The zero-order valence-electron chi connectivity index (χ0n) is 13.2. The Morgan fingerprint density at radius 3 is 2.87 bits per heavy atom. The SMILES string of the molecule is Cc1c[nH]c(C(=O)N2CCC[C@@H](COc3ccc(F)cc3)C2)c1. The fraction of sp³-hybridized carbons (Fsp3) is 0.389. The molecule has 1 N–H and O–H groups in total. The van der Waals surface area contributed by atoms with Crippen LogP contribution in [0.2, 0.25) is 0 Å². The van der Waals surface area contributed by atoms with E-state index in [0.717, 1.165) is 24.9 Å². The van der Waals surface area contributed by atoms with Crippen LogP contribution in [0.25, 0.3) is 0 Å². The molecular weight excluding hydrogens is 295 g/mol. The van der Waals surface area contributed by atoms with E-state index in [0.29, 0.717) is 30.5 Å². The molecule has 1 saturated heterocycles. The molecule has 1 aromatic carbocycles. The molecule has 1 fully saturated rings. The second-order valence-corrected chi connectivity index (χ2v) is 6.12. The van der Waals surface area contributed by atoms with Crippen LogP contribution in [0.5, 0.6) is 5.75 Å². The molecule has 0 spiro atoms. The van der Waals surface area contributed by atoms with Crippen LogP contribution < -0.4 is 4.74 Å². The van der Waals surface area contributed by atoms with Crippen LogP contribution >= 0.6 is 0 Å². The number of halogens is 1. The molecule has 0 unspecified atom stereocenters. The van der Waals surface area contributed by atoms with E-state index in [1.807, 2.05) is 24.1 Å². The van der Waals surface area contributed by atoms with Gasteiger partial charge in [-0.1, -0.05) is 0 Å². The van der Waals surface area contributed by atoms with E-state index in [-0.39, 0.29) is 11.7 Å². The van der Waals surface area contributed by atoms with Gasteiger partial charge >= 0.3 is 0 Å². The summed E-state index contributed by atoms with van der Waals surface area (Å²) in [5.74, 6) is 0.737. The minimum atomic E-state index is -0.270. The molecule has 2 heterocycles. The molecule has 1 atom stereocenters. The van der Waals surface area contributed by atoms with Gasteiger partial charge in [-0.25, -0.2) is 4.39 Å². The highest BCUT2D eigenvalue weighted by Gasteiger charge is 2.25. The second kappa shape index (κ2) is 6.86. The van der Waals surface area contributed by atoms with Crippen LogP contribution in [0.4, 0.5) is 4.39 Å². The summed E-state index contributed by atoms with van der Waals surface area (Å²) >= 11 is 0. The monoisotopic (exact) mass is 316 g/mol. The Hall–Kier alpha value is -2.30. The van der Waals surface area contributed by atoms with Crippen molar-refractivity contribution in [1.82, 2.24) is 9.88 Å². The Bertz CT molecular complexity index is 666. The van der Waals surface area contributed by atoms with Gasteiger partial charge in [0.25, 0.3) is 5.91 Å². The van der Waals surface area contributed by atoms with Gasteiger partial charge in [-0.15, -0.1) is 0 Å². The fourth-order valence-corrected chi connectivity index (χ4v) is 2.93. The zero-order valence-corrected chi connectivity index (χ0v) is 13.2. The van der Waals surface area contributed by atoms with E-state index in [4.69, 9.17) is 4.74 Å². The number of amides is 1. The number of carbonyl (C=O) groups excluding carboxylic acids is 1. The molecule has 1 amide bonds. The van der Waals surface area contributed by atoms with Crippen molar-refractivity contribution in [3.8, 4) is 5.75 Å². The Morgan fingerprint density at radius 1 is 1.39 bits per heavy atom. The minimum Gasteiger partial charge on any atom is -0.493 e. The van der Waals surface area contributed by atoms with Crippen molar-refractivity contribution in [3.63, 3.8) is 0 Å². The molecule has 23 heavy (non-hydrogen) atoms. The van der Waals surface area contributed by atoms with E-state index in [1.54, 1.807) is 12.1 Å². The number of hydrogen-bond donors (Lipinski definition) is 1. The number of aromatic nitrogens is 1. The van der Waals surface area contributed by atoms with Crippen molar-refractivity contribution in [2.75, 3.05) is 19.7 Å². The van der Waals surface area contributed by atoms with Crippen LogP contribution in [-0.2, 0) is 0 Å². The quantitative estimate of drug-likeness (QED) is 0.939. The van der Waals surface area contributed by atoms with Crippen LogP contribution in [-0.4, -0.2) is 35.5 Å². The minimum absolute atomic E-state index is 0.0459. The summed E-state index contributed by atoms with van der Waals surface area (Å²) in [6.45, 7) is 3.98. The average Bonchev–Trinajstić information content (AvgIpc) is 3.00. The first-order chi connectivity index (χ1) is 11.1. The highest BCUT2D eigenvalue weighted by Crippen LogP contribution is 2.20. The van der Waals surface area contributed by atoms with Gasteiger partial charge in [-0.2, -0.15) is 0 Å². The maximum absolute atomic E-state index is 12.9. The Morgan fingerprint density at radius 2 is 2.17 bits per heavy atom. The van der Waals surface area contributed by atoms with Crippen molar-refractivity contribution in [3.05, 3.63) is 53.6 Å². The van der Waals surface area contributed by atoms with Gasteiger partial charge in [0.15, 0.2) is 0 Å². The average molecular weight is 316 g/mol. The van der Waals surface area contributed by atoms with Crippen molar-refractivity contribution >= 4 is 5.91 Å². The normalized spacial score (nSPS) is 18.0. The van der Waals surface area contributed by atoms with Crippen LogP contribution in [0, 0.1) is 18.7 Å². The Kier molecular flexibility index (Phi) is 4.65. The third-order valence-corrected chi connectivity index (χ3v) is 4.16. The number of piperidine rings is 1. The summed E-state index contributed by atoms with van der Waals surface area (Å²) in [5.41, 5.74) is 1.70. The summed E-state index contributed by atoms with van der Waals surface area (Å²) in [7, 11) is 0. The van der Waals surface area contributed by atoms with Crippen LogP contribution in [0.3, 0.4) is 0 Å². The number of nitrogens with zero attached hydrogens (tertiary/aromatic N) is 1. The fourth-order valence-electron chi connectivity index (χ4n) is 2.93. The van der Waals surface area contributed by atoms with Gasteiger partial charge < -0.3 is 14.6 Å². The van der Waals surface area contributed by atoms with Crippen LogP contribution in [0.15, 0.2) is 36.5 Å². The largest absolute Gasteiger partial charge is 0.493 e. The Balaban J connectivity index is 1.55. The molecule has 4 nitrogen and oxygen atoms in total. The maximum atomic E-state index is 12.9. The van der Waals surface area contributed by atoms with E-state index in [2.05, 4.69) is 4.98 Å². The van der Waals surface area contributed by atoms with Gasteiger partial charge in [-0.05, 0) is 55.7 Å². The standard InChI is InChI=1S/C18H21FN2O2/c1-13-9-17(20-10-13)18(22)21-8-2-3-14(11-21)12-23-16-6-4-15(19)5-7-16/h4-7,9-10,14,20H,2-3,8,11-12H2,1H3/t14-/m1/s1. The number of aromatic amines is 1. The molecule has 1 aliphatic rings. The molecule has 0 saturated carbocycles. The van der Waals surface area contributed by atoms with E-state index >= 15 is 0 Å². The van der Waals surface area contributed by atoms with E-state index in [9.17, 15) is 9.18 Å². The van der Waals surface area contributed by atoms with Gasteiger partial charge in [-0.3, -0.25) is 4.79 Å². The van der Waals surface area contributed by atoms with Gasteiger partial charge in [0.1, 0.15) is 17.3 Å². The first-order valence-corrected chi connectivity index (χ1v) is 7.94. The summed E-state index contributed by atoms with van der Waals surface area (Å²) in [4.78, 5) is 17.4. The number of carbonyl (C=O) groups is 1. The number of aryl methyl sites for hydroxylation is 1. The predicted octanol–water partition coefficient (Wildman–Crippen LogP) is 3.39. The number of hydrogen-bond acceptors (Lipinski definition) is 2. The number of likely N-dealkylation sites (tertiary alicyclic amines) is 1. The van der Waals surface area contributed by atoms with Gasteiger partial charge in [0.05, 0.1) is 6.61 Å². The number of ether oxygens (including phenoxy) is 1. The highest BCUT2D eigenvalue weighted by atomic mass is 19.1. The lowest BCUT2D eigenvalue weighted by Gasteiger charge is -2.32. The third-order valence-electron chi connectivity index (χ3n) is 4.16. The molecule has 0 bridgehead atoms. The number of nitrogens with one attached hydrogen (secondary N) is 1. The van der Waals surface area contributed by atoms with Crippen LogP contribution in [0.1, 0.15) is 28.9 Å². The number of H-pyrrole nitrogens is 1.